The van der Waals surface area contributed by atoms with E-state index in [1.165, 1.54) is 12.0 Å². The summed E-state index contributed by atoms with van der Waals surface area (Å²) in [7, 11) is 1.52. The number of aliphatic hydroxyl groups excluding tert-OH is 1. The number of aliphatic carboxylic acids is 1. The first kappa shape index (κ1) is 24.1. The van der Waals surface area contributed by atoms with Gasteiger partial charge in [-0.05, 0) is 66.1 Å². The van der Waals surface area contributed by atoms with Crippen LogP contribution in [0.3, 0.4) is 0 Å². The summed E-state index contributed by atoms with van der Waals surface area (Å²) in [5.74, 6) is -1.60. The lowest BCUT2D eigenvalue weighted by Gasteiger charge is -2.26. The molecule has 0 spiro atoms. The summed E-state index contributed by atoms with van der Waals surface area (Å²) in [4.78, 5) is 39.2. The van der Waals surface area contributed by atoms with Crippen molar-refractivity contribution < 1.29 is 34.1 Å². The van der Waals surface area contributed by atoms with Crippen LogP contribution in [0.1, 0.15) is 35.2 Å². The topological polar surface area (TPSA) is 113 Å². The van der Waals surface area contributed by atoms with E-state index >= 15 is 0 Å². The quantitative estimate of drug-likeness (QED) is 0.296. The third-order valence-electron chi connectivity index (χ3n) is 6.59. The molecule has 8 heteroatoms. The van der Waals surface area contributed by atoms with Crippen LogP contribution in [0.4, 0.5) is 5.69 Å². The number of carboxylic acids is 1. The predicted molar refractivity (Wildman–Crippen MR) is 136 cm³/mol. The highest BCUT2D eigenvalue weighted by molar-refractivity contribution is 6.51. The molecule has 1 amide bonds. The van der Waals surface area contributed by atoms with Crippen molar-refractivity contribution in [1.82, 2.24) is 0 Å². The third kappa shape index (κ3) is 4.42. The van der Waals surface area contributed by atoms with Crippen molar-refractivity contribution in [3.63, 3.8) is 0 Å². The normalized spacial score (nSPS) is 20.0. The van der Waals surface area contributed by atoms with E-state index < -0.39 is 23.7 Å². The minimum absolute atomic E-state index is 0.0128. The SMILES string of the molecule is COc1cccc(C2/C(=C(/O)c3ccc4c(c3)CC(C)O4)C(=O)C(=O)N2c2ccc(CC(=O)O)cc2)c1. The molecule has 3 aromatic carbocycles. The second-order valence-corrected chi connectivity index (χ2v) is 9.14. The Bertz CT molecular complexity index is 1440. The molecule has 1 saturated heterocycles. The van der Waals surface area contributed by atoms with Crippen LogP contribution >= 0.6 is 0 Å². The summed E-state index contributed by atoms with van der Waals surface area (Å²) in [6.07, 6.45) is 0.519. The van der Waals surface area contributed by atoms with E-state index in [0.717, 1.165) is 11.3 Å². The number of Topliss-reactive ketones (excluding diaryl/α,β-unsaturated/α-hetero) is 1. The van der Waals surface area contributed by atoms with Gasteiger partial charge in [0, 0.05) is 17.7 Å². The highest BCUT2D eigenvalue weighted by atomic mass is 16.5. The van der Waals surface area contributed by atoms with E-state index in [9.17, 15) is 19.5 Å². The van der Waals surface area contributed by atoms with Crippen LogP contribution in [-0.2, 0) is 27.2 Å². The number of carbonyl (C=O) groups is 3. The van der Waals surface area contributed by atoms with Crippen LogP contribution in [0.2, 0.25) is 0 Å². The number of hydrogen-bond acceptors (Lipinski definition) is 6. The lowest BCUT2D eigenvalue weighted by molar-refractivity contribution is -0.136. The number of ether oxygens (including phenoxy) is 2. The van der Waals surface area contributed by atoms with Gasteiger partial charge in [-0.1, -0.05) is 24.3 Å². The lowest BCUT2D eigenvalue weighted by Crippen LogP contribution is -2.29. The Morgan fingerprint density at radius 1 is 1.05 bits per heavy atom. The number of fused-ring (bicyclic) bond motifs is 1. The standard InChI is InChI=1S/C29H25NO7/c1-16-12-20-14-19(8-11-23(20)37-16)27(33)25-26(18-4-3-5-22(15-18)36-2)30(29(35)28(25)34)21-9-6-17(7-10-21)13-24(31)32/h3-11,14-16,26,33H,12-13H2,1-2H3,(H,31,32)/b27-25-. The van der Waals surface area contributed by atoms with Crippen LogP contribution in [0.5, 0.6) is 11.5 Å². The fourth-order valence-corrected chi connectivity index (χ4v) is 4.90. The molecule has 5 rings (SSSR count). The van der Waals surface area contributed by atoms with Gasteiger partial charge in [0.05, 0.1) is 25.1 Å². The van der Waals surface area contributed by atoms with E-state index in [1.54, 1.807) is 66.7 Å². The Balaban J connectivity index is 1.65. The summed E-state index contributed by atoms with van der Waals surface area (Å²) < 4.78 is 11.1. The van der Waals surface area contributed by atoms with Gasteiger partial charge in [0.15, 0.2) is 0 Å². The number of carboxylic acid groups (broad SMARTS) is 1. The van der Waals surface area contributed by atoms with Crippen LogP contribution in [0, 0.1) is 0 Å². The zero-order chi connectivity index (χ0) is 26.3. The maximum Gasteiger partial charge on any atom is 0.307 e. The first-order valence-corrected chi connectivity index (χ1v) is 11.8. The summed E-state index contributed by atoms with van der Waals surface area (Å²) in [6, 6.07) is 17.7. The van der Waals surface area contributed by atoms with Crippen LogP contribution in [0.25, 0.3) is 5.76 Å². The van der Waals surface area contributed by atoms with E-state index in [1.807, 2.05) is 6.92 Å². The average Bonchev–Trinajstić information content (AvgIpc) is 3.39. The first-order chi connectivity index (χ1) is 17.8. The Labute approximate surface area is 213 Å². The van der Waals surface area contributed by atoms with Gasteiger partial charge in [0.25, 0.3) is 11.7 Å². The molecule has 2 aliphatic rings. The van der Waals surface area contributed by atoms with Crippen LogP contribution in [0.15, 0.2) is 72.3 Å². The number of ketones is 1. The number of amides is 1. The zero-order valence-corrected chi connectivity index (χ0v) is 20.3. The minimum atomic E-state index is -0.973. The molecule has 0 radical (unpaired) electrons. The Hall–Kier alpha value is -4.59. The molecule has 188 valence electrons. The second kappa shape index (κ2) is 9.46. The van der Waals surface area contributed by atoms with Crippen molar-refractivity contribution in [3.8, 4) is 11.5 Å². The predicted octanol–water partition coefficient (Wildman–Crippen LogP) is 4.27. The fraction of sp³-hybridized carbons (Fsp3) is 0.207. The van der Waals surface area contributed by atoms with Gasteiger partial charge in [-0.15, -0.1) is 0 Å². The minimum Gasteiger partial charge on any atom is -0.507 e. The smallest absolute Gasteiger partial charge is 0.307 e. The maximum absolute atomic E-state index is 13.4. The number of carbonyl (C=O) groups excluding carboxylic acids is 2. The zero-order valence-electron chi connectivity index (χ0n) is 20.3. The Morgan fingerprint density at radius 2 is 1.81 bits per heavy atom. The van der Waals surface area contributed by atoms with E-state index in [4.69, 9.17) is 14.6 Å². The molecular formula is C29H25NO7. The average molecular weight is 500 g/mol. The van der Waals surface area contributed by atoms with Gasteiger partial charge in [-0.2, -0.15) is 0 Å². The molecule has 2 N–H and O–H groups in total. The van der Waals surface area contributed by atoms with Crippen molar-refractivity contribution in [2.75, 3.05) is 12.0 Å². The molecule has 2 aliphatic heterocycles. The summed E-state index contributed by atoms with van der Waals surface area (Å²) >= 11 is 0. The van der Waals surface area contributed by atoms with Gasteiger partial charge in [0.1, 0.15) is 23.4 Å². The van der Waals surface area contributed by atoms with Gasteiger partial charge >= 0.3 is 5.97 Å². The largest absolute Gasteiger partial charge is 0.507 e. The molecule has 37 heavy (non-hydrogen) atoms. The van der Waals surface area contributed by atoms with Crippen molar-refractivity contribution >= 4 is 29.1 Å². The number of rotatable bonds is 6. The van der Waals surface area contributed by atoms with Crippen LogP contribution < -0.4 is 14.4 Å². The number of hydrogen-bond donors (Lipinski definition) is 2. The summed E-state index contributed by atoms with van der Waals surface area (Å²) in [6.45, 7) is 1.95. The van der Waals surface area contributed by atoms with Gasteiger partial charge < -0.3 is 19.7 Å². The molecule has 2 atom stereocenters. The molecule has 0 bridgehead atoms. The highest BCUT2D eigenvalue weighted by Gasteiger charge is 2.47. The van der Waals surface area contributed by atoms with Gasteiger partial charge in [-0.25, -0.2) is 0 Å². The Morgan fingerprint density at radius 3 is 2.51 bits per heavy atom. The lowest BCUT2D eigenvalue weighted by atomic mass is 9.94. The molecule has 0 aliphatic carbocycles. The third-order valence-corrected chi connectivity index (χ3v) is 6.59. The molecule has 3 aromatic rings. The fourth-order valence-electron chi connectivity index (χ4n) is 4.90. The molecule has 0 saturated carbocycles. The Kier molecular flexibility index (Phi) is 6.17. The number of methoxy groups -OCH3 is 1. The summed E-state index contributed by atoms with van der Waals surface area (Å²) in [5, 5.41) is 20.5. The number of aliphatic hydroxyl groups is 1. The van der Waals surface area contributed by atoms with Crippen molar-refractivity contribution in [1.29, 1.82) is 0 Å². The molecule has 2 unspecified atom stereocenters. The van der Waals surface area contributed by atoms with Crippen molar-refractivity contribution in [2.45, 2.75) is 31.9 Å². The van der Waals surface area contributed by atoms with E-state index in [-0.39, 0.29) is 23.9 Å². The van der Waals surface area contributed by atoms with E-state index in [2.05, 4.69) is 0 Å². The van der Waals surface area contributed by atoms with Crippen molar-refractivity contribution in [2.24, 2.45) is 0 Å². The molecule has 8 nitrogen and oxygen atoms in total. The first-order valence-electron chi connectivity index (χ1n) is 11.8. The number of anilines is 1. The molecular weight excluding hydrogens is 474 g/mol. The van der Waals surface area contributed by atoms with Gasteiger partial charge in [0.2, 0.25) is 0 Å². The van der Waals surface area contributed by atoms with Crippen molar-refractivity contribution in [3.05, 3.63) is 94.6 Å². The number of benzene rings is 3. The van der Waals surface area contributed by atoms with E-state index in [0.29, 0.717) is 34.5 Å². The molecule has 2 heterocycles. The van der Waals surface area contributed by atoms with Gasteiger partial charge in [-0.3, -0.25) is 19.3 Å². The molecule has 1 fully saturated rings. The highest BCUT2D eigenvalue weighted by Crippen LogP contribution is 2.43. The molecule has 0 aromatic heterocycles. The monoisotopic (exact) mass is 499 g/mol. The number of nitrogens with zero attached hydrogens (tertiary/aromatic N) is 1. The van der Waals surface area contributed by atoms with Crippen LogP contribution in [-0.4, -0.2) is 41.1 Å². The summed E-state index contributed by atoms with van der Waals surface area (Å²) in [5.41, 5.74) is 2.82. The second-order valence-electron chi connectivity index (χ2n) is 9.14. The maximum atomic E-state index is 13.4.